The molecule has 1 rings (SSSR count). The lowest BCUT2D eigenvalue weighted by Gasteiger charge is -2.34. The van der Waals surface area contributed by atoms with E-state index in [1.54, 1.807) is 0 Å². The lowest BCUT2D eigenvalue weighted by atomic mass is 9.76. The highest BCUT2D eigenvalue weighted by Gasteiger charge is 2.25. The molecule has 0 aromatic carbocycles. The quantitative estimate of drug-likeness (QED) is 0.701. The lowest BCUT2D eigenvalue weighted by Crippen LogP contribution is -2.36. The first-order chi connectivity index (χ1) is 6.12. The van der Waals surface area contributed by atoms with Gasteiger partial charge in [0.25, 0.3) is 0 Å². The normalized spacial score (nSPS) is 24.2. The number of hydrogen-bond acceptors (Lipinski definition) is 2. The molecule has 0 bridgehead atoms. The molecule has 0 spiro atoms. The summed E-state index contributed by atoms with van der Waals surface area (Å²) in [4.78, 5) is 0. The number of hydrogen-bond donors (Lipinski definition) is 2. The molecule has 0 amide bonds. The molecule has 1 saturated carbocycles. The number of aliphatic hydroxyl groups excluding tert-OH is 1. The first-order valence-electron chi connectivity index (χ1n) is 5.51. The van der Waals surface area contributed by atoms with Crippen molar-refractivity contribution in [3.05, 3.63) is 0 Å². The third-order valence-corrected chi connectivity index (χ3v) is 3.05. The molecule has 1 aliphatic carbocycles. The molecule has 0 aromatic rings. The number of aliphatic hydroxyl groups is 1. The molecule has 0 aliphatic heterocycles. The van der Waals surface area contributed by atoms with Crippen LogP contribution in [0.4, 0.5) is 0 Å². The Morgan fingerprint density at radius 2 is 1.92 bits per heavy atom. The van der Waals surface area contributed by atoms with Crippen molar-refractivity contribution in [2.45, 2.75) is 52.1 Å². The summed E-state index contributed by atoms with van der Waals surface area (Å²) in [6.45, 7) is 5.99. The summed E-state index contributed by atoms with van der Waals surface area (Å²) in [5.41, 5.74) is 0.493. The van der Waals surface area contributed by atoms with E-state index in [1.165, 1.54) is 32.1 Å². The van der Waals surface area contributed by atoms with Crippen LogP contribution in [0.5, 0.6) is 0 Å². The molecule has 2 N–H and O–H groups in total. The van der Waals surface area contributed by atoms with Crippen molar-refractivity contribution in [2.75, 3.05) is 13.1 Å². The second-order valence-electron chi connectivity index (χ2n) is 4.85. The van der Waals surface area contributed by atoms with Gasteiger partial charge in [0, 0.05) is 13.1 Å². The summed E-state index contributed by atoms with van der Waals surface area (Å²) < 4.78 is 0. The van der Waals surface area contributed by atoms with Gasteiger partial charge in [0.05, 0.1) is 6.10 Å². The molecular weight excluding hydrogens is 162 g/mol. The predicted octanol–water partition coefficient (Wildman–Crippen LogP) is 1.93. The average Bonchev–Trinajstić information content (AvgIpc) is 2.04. The fourth-order valence-electron chi connectivity index (χ4n) is 2.16. The smallest absolute Gasteiger partial charge is 0.0636 e. The Bertz CT molecular complexity index is 139. The summed E-state index contributed by atoms with van der Waals surface area (Å²) in [6, 6.07) is 0. The minimum absolute atomic E-state index is 0.216. The van der Waals surface area contributed by atoms with Crippen LogP contribution in [0.15, 0.2) is 0 Å². The van der Waals surface area contributed by atoms with Crippen molar-refractivity contribution < 1.29 is 5.11 Å². The van der Waals surface area contributed by atoms with Crippen LogP contribution in [0.3, 0.4) is 0 Å². The summed E-state index contributed by atoms with van der Waals surface area (Å²) in [5, 5.41) is 12.4. The van der Waals surface area contributed by atoms with E-state index in [9.17, 15) is 0 Å². The zero-order chi connectivity index (χ0) is 9.73. The van der Waals surface area contributed by atoms with Gasteiger partial charge in [-0.05, 0) is 25.2 Å². The average molecular weight is 185 g/mol. The van der Waals surface area contributed by atoms with E-state index in [4.69, 9.17) is 5.11 Å². The Kier molecular flexibility index (Phi) is 4.20. The molecule has 1 aliphatic rings. The molecule has 2 heteroatoms. The van der Waals surface area contributed by atoms with Gasteiger partial charge in [-0.1, -0.05) is 26.2 Å². The summed E-state index contributed by atoms with van der Waals surface area (Å²) in [7, 11) is 0. The predicted molar refractivity (Wildman–Crippen MR) is 55.7 cm³/mol. The monoisotopic (exact) mass is 185 g/mol. The van der Waals surface area contributed by atoms with Crippen LogP contribution in [0, 0.1) is 5.41 Å². The Hall–Kier alpha value is -0.0800. The van der Waals surface area contributed by atoms with Gasteiger partial charge >= 0.3 is 0 Å². The van der Waals surface area contributed by atoms with Gasteiger partial charge in [-0.3, -0.25) is 0 Å². The van der Waals surface area contributed by atoms with Crippen LogP contribution >= 0.6 is 0 Å². The fraction of sp³-hybridized carbons (Fsp3) is 1.00. The minimum atomic E-state index is -0.216. The van der Waals surface area contributed by atoms with Crippen molar-refractivity contribution in [2.24, 2.45) is 5.41 Å². The molecule has 1 fully saturated rings. The van der Waals surface area contributed by atoms with E-state index in [-0.39, 0.29) is 6.10 Å². The van der Waals surface area contributed by atoms with E-state index in [1.807, 2.05) is 6.92 Å². The third kappa shape index (κ3) is 4.10. The Morgan fingerprint density at radius 3 is 2.46 bits per heavy atom. The minimum Gasteiger partial charge on any atom is -0.392 e. The van der Waals surface area contributed by atoms with E-state index < -0.39 is 0 Å². The Morgan fingerprint density at radius 1 is 1.31 bits per heavy atom. The third-order valence-electron chi connectivity index (χ3n) is 3.05. The van der Waals surface area contributed by atoms with Gasteiger partial charge in [-0.2, -0.15) is 0 Å². The second kappa shape index (κ2) is 4.97. The topological polar surface area (TPSA) is 32.3 Å². The van der Waals surface area contributed by atoms with E-state index in [0.717, 1.165) is 13.1 Å². The van der Waals surface area contributed by atoms with Gasteiger partial charge in [-0.25, -0.2) is 0 Å². The molecule has 78 valence electrons. The first kappa shape index (κ1) is 11.0. The van der Waals surface area contributed by atoms with Crippen molar-refractivity contribution >= 4 is 0 Å². The van der Waals surface area contributed by atoms with Gasteiger partial charge in [-0.15, -0.1) is 0 Å². The maximum Gasteiger partial charge on any atom is 0.0636 e. The van der Waals surface area contributed by atoms with E-state index in [0.29, 0.717) is 5.41 Å². The van der Waals surface area contributed by atoms with E-state index >= 15 is 0 Å². The molecule has 0 saturated heterocycles. The van der Waals surface area contributed by atoms with Crippen molar-refractivity contribution in [1.29, 1.82) is 0 Å². The van der Waals surface area contributed by atoms with Gasteiger partial charge < -0.3 is 10.4 Å². The summed E-state index contributed by atoms with van der Waals surface area (Å²) in [5.74, 6) is 0. The van der Waals surface area contributed by atoms with Crippen LogP contribution in [0.1, 0.15) is 46.0 Å². The number of nitrogens with one attached hydrogen (secondary N) is 1. The van der Waals surface area contributed by atoms with Crippen LogP contribution in [0.2, 0.25) is 0 Å². The molecule has 0 radical (unpaired) electrons. The highest BCUT2D eigenvalue weighted by molar-refractivity contribution is 4.80. The lowest BCUT2D eigenvalue weighted by molar-refractivity contribution is 0.166. The Labute approximate surface area is 81.7 Å². The molecule has 2 nitrogen and oxygen atoms in total. The molecular formula is C11H23NO. The SMILES string of the molecule is C[C@@H](O)CNCC1(C)CCCCC1. The fourth-order valence-corrected chi connectivity index (χ4v) is 2.16. The largest absolute Gasteiger partial charge is 0.392 e. The van der Waals surface area contributed by atoms with Crippen LogP contribution in [-0.4, -0.2) is 24.3 Å². The van der Waals surface area contributed by atoms with Crippen LogP contribution < -0.4 is 5.32 Å². The Balaban J connectivity index is 2.17. The zero-order valence-corrected chi connectivity index (χ0v) is 8.97. The van der Waals surface area contributed by atoms with Gasteiger partial charge in [0.15, 0.2) is 0 Å². The van der Waals surface area contributed by atoms with E-state index in [2.05, 4.69) is 12.2 Å². The second-order valence-corrected chi connectivity index (χ2v) is 4.85. The summed E-state index contributed by atoms with van der Waals surface area (Å²) in [6.07, 6.45) is 6.65. The van der Waals surface area contributed by atoms with Crippen LogP contribution in [0.25, 0.3) is 0 Å². The zero-order valence-electron chi connectivity index (χ0n) is 8.97. The summed E-state index contributed by atoms with van der Waals surface area (Å²) >= 11 is 0. The van der Waals surface area contributed by atoms with Crippen molar-refractivity contribution in [3.8, 4) is 0 Å². The van der Waals surface area contributed by atoms with Gasteiger partial charge in [0.2, 0.25) is 0 Å². The standard InChI is InChI=1S/C11H23NO/c1-10(13)8-12-9-11(2)6-4-3-5-7-11/h10,12-13H,3-9H2,1-2H3/t10-/m1/s1. The van der Waals surface area contributed by atoms with Crippen molar-refractivity contribution in [3.63, 3.8) is 0 Å². The molecule has 0 unspecified atom stereocenters. The molecule has 0 aromatic heterocycles. The van der Waals surface area contributed by atoms with Gasteiger partial charge in [0.1, 0.15) is 0 Å². The maximum absolute atomic E-state index is 9.10. The van der Waals surface area contributed by atoms with Crippen LogP contribution in [-0.2, 0) is 0 Å². The molecule has 0 heterocycles. The molecule has 1 atom stereocenters. The van der Waals surface area contributed by atoms with Crippen molar-refractivity contribution in [1.82, 2.24) is 5.32 Å². The highest BCUT2D eigenvalue weighted by atomic mass is 16.3. The number of rotatable bonds is 4. The highest BCUT2D eigenvalue weighted by Crippen LogP contribution is 2.34. The molecule has 13 heavy (non-hydrogen) atoms. The first-order valence-corrected chi connectivity index (χ1v) is 5.51. The maximum atomic E-state index is 9.10.